The molecule has 1 aliphatic rings. The summed E-state index contributed by atoms with van der Waals surface area (Å²) in [5.41, 5.74) is 1.34. The molecule has 0 saturated carbocycles. The first-order valence-electron chi connectivity index (χ1n) is 4.82. The Morgan fingerprint density at radius 3 is 2.77 bits per heavy atom. The Morgan fingerprint density at radius 1 is 1.23 bits per heavy atom. The van der Waals surface area contributed by atoms with Crippen molar-refractivity contribution in [3.8, 4) is 0 Å². The van der Waals surface area contributed by atoms with Crippen molar-refractivity contribution in [3.05, 3.63) is 35.9 Å². The second-order valence-electron chi connectivity index (χ2n) is 3.35. The first-order valence-corrected chi connectivity index (χ1v) is 4.82. The van der Waals surface area contributed by atoms with Crippen LogP contribution < -0.4 is 10.3 Å². The Labute approximate surface area is 78.7 Å². The van der Waals surface area contributed by atoms with Crippen molar-refractivity contribution in [1.29, 1.82) is 0 Å². The minimum absolute atomic E-state index is 0.934. The molecule has 0 aliphatic carbocycles. The number of hydrogen-bond acceptors (Lipinski definition) is 1. The third kappa shape index (κ3) is 2.31. The second-order valence-corrected chi connectivity index (χ2v) is 3.35. The smallest absolute Gasteiger partial charge is 0.242 e. The van der Waals surface area contributed by atoms with Crippen LogP contribution in [0.2, 0.25) is 0 Å². The molecule has 0 atom stereocenters. The summed E-state index contributed by atoms with van der Waals surface area (Å²) in [6, 6.07) is 10.5. The summed E-state index contributed by atoms with van der Waals surface area (Å²) in [5, 5.41) is 3.40. The van der Waals surface area contributed by atoms with Crippen molar-refractivity contribution >= 4 is 5.84 Å². The third-order valence-corrected chi connectivity index (χ3v) is 2.29. The predicted molar refractivity (Wildman–Crippen MR) is 53.4 cm³/mol. The van der Waals surface area contributed by atoms with Gasteiger partial charge < -0.3 is 0 Å². The standard InChI is InChI=1S/C11H14N2/c1-2-5-10(6-3-1)9-13-11-7-4-8-12-11/h1-3,5-6H,4,7-9H2,(H,12,13)/p+1. The highest BCUT2D eigenvalue weighted by Gasteiger charge is 2.10. The van der Waals surface area contributed by atoms with Crippen LogP contribution in [0, 0.1) is 0 Å². The second kappa shape index (κ2) is 4.08. The maximum Gasteiger partial charge on any atom is 0.242 e. The van der Waals surface area contributed by atoms with E-state index >= 15 is 0 Å². The molecule has 2 nitrogen and oxygen atoms in total. The zero-order valence-corrected chi connectivity index (χ0v) is 7.72. The number of hydrogen-bond donors (Lipinski definition) is 2. The Morgan fingerprint density at radius 2 is 2.08 bits per heavy atom. The van der Waals surface area contributed by atoms with Crippen molar-refractivity contribution in [2.75, 3.05) is 6.54 Å². The monoisotopic (exact) mass is 175 g/mol. The van der Waals surface area contributed by atoms with Gasteiger partial charge >= 0.3 is 0 Å². The fourth-order valence-electron chi connectivity index (χ4n) is 1.55. The third-order valence-electron chi connectivity index (χ3n) is 2.29. The molecule has 1 aromatic rings. The fourth-order valence-corrected chi connectivity index (χ4v) is 1.55. The Hall–Kier alpha value is -1.31. The molecule has 2 heteroatoms. The summed E-state index contributed by atoms with van der Waals surface area (Å²) in [6.45, 7) is 2.06. The Balaban J connectivity index is 1.86. The van der Waals surface area contributed by atoms with Gasteiger partial charge in [-0.15, -0.1) is 0 Å². The van der Waals surface area contributed by atoms with Crippen molar-refractivity contribution < 1.29 is 4.99 Å². The van der Waals surface area contributed by atoms with E-state index in [1.165, 1.54) is 24.2 Å². The molecule has 0 amide bonds. The minimum Gasteiger partial charge on any atom is -0.279 e. The van der Waals surface area contributed by atoms with E-state index in [0.29, 0.717) is 0 Å². The number of rotatable bonds is 2. The van der Waals surface area contributed by atoms with E-state index in [0.717, 1.165) is 13.1 Å². The van der Waals surface area contributed by atoms with Crippen LogP contribution in [0.1, 0.15) is 18.4 Å². The van der Waals surface area contributed by atoms with Gasteiger partial charge in [0, 0.05) is 0 Å². The maximum atomic E-state index is 3.40. The molecule has 0 bridgehead atoms. The van der Waals surface area contributed by atoms with Gasteiger partial charge in [-0.2, -0.15) is 0 Å². The van der Waals surface area contributed by atoms with E-state index in [9.17, 15) is 0 Å². The van der Waals surface area contributed by atoms with Gasteiger partial charge in [0.25, 0.3) is 0 Å². The molecule has 0 fully saturated rings. The molecule has 1 aromatic carbocycles. The molecule has 0 saturated heterocycles. The molecular formula is C11H15N2+. The van der Waals surface area contributed by atoms with Gasteiger partial charge in [0.05, 0.1) is 13.0 Å². The Kier molecular flexibility index (Phi) is 2.60. The minimum atomic E-state index is 0.934. The lowest BCUT2D eigenvalue weighted by Crippen LogP contribution is -2.72. The summed E-state index contributed by atoms with van der Waals surface area (Å²) in [5.74, 6) is 1.30. The first kappa shape index (κ1) is 8.30. The molecule has 0 spiro atoms. The first-order chi connectivity index (χ1) is 6.45. The van der Waals surface area contributed by atoms with E-state index in [1.807, 2.05) is 6.07 Å². The van der Waals surface area contributed by atoms with Gasteiger partial charge in [-0.25, -0.2) is 0 Å². The van der Waals surface area contributed by atoms with E-state index in [1.54, 1.807) is 0 Å². The van der Waals surface area contributed by atoms with Gasteiger partial charge in [-0.05, 0) is 12.0 Å². The molecule has 1 aliphatic heterocycles. The van der Waals surface area contributed by atoms with E-state index in [4.69, 9.17) is 0 Å². The average Bonchev–Trinajstić information content (AvgIpc) is 2.69. The van der Waals surface area contributed by atoms with Crippen LogP contribution in [-0.4, -0.2) is 12.4 Å². The molecule has 1 heterocycles. The lowest BCUT2D eigenvalue weighted by Gasteiger charge is -1.98. The van der Waals surface area contributed by atoms with Gasteiger partial charge in [0.1, 0.15) is 6.54 Å². The molecular weight excluding hydrogens is 160 g/mol. The average molecular weight is 175 g/mol. The van der Waals surface area contributed by atoms with Crippen molar-refractivity contribution in [3.63, 3.8) is 0 Å². The van der Waals surface area contributed by atoms with Crippen molar-refractivity contribution in [2.45, 2.75) is 19.4 Å². The van der Waals surface area contributed by atoms with E-state index < -0.39 is 0 Å². The molecule has 0 radical (unpaired) electrons. The zero-order chi connectivity index (χ0) is 8.93. The largest absolute Gasteiger partial charge is 0.279 e. The lowest BCUT2D eigenvalue weighted by molar-refractivity contribution is -0.449. The molecule has 13 heavy (non-hydrogen) atoms. The number of nitrogens with one attached hydrogen (secondary N) is 2. The summed E-state index contributed by atoms with van der Waals surface area (Å²) in [6.07, 6.45) is 2.43. The van der Waals surface area contributed by atoms with Gasteiger partial charge in [-0.1, -0.05) is 30.3 Å². The highest BCUT2D eigenvalue weighted by molar-refractivity contribution is 5.77. The van der Waals surface area contributed by atoms with E-state index in [2.05, 4.69) is 34.6 Å². The normalized spacial score (nSPS) is 15.5. The number of amidine groups is 1. The molecule has 2 rings (SSSR count). The number of benzene rings is 1. The van der Waals surface area contributed by atoms with Gasteiger partial charge in [-0.3, -0.25) is 10.3 Å². The Bertz CT molecular complexity index is 290. The summed E-state index contributed by atoms with van der Waals surface area (Å²) in [4.78, 5) is 3.33. The van der Waals surface area contributed by atoms with Crippen LogP contribution in [0.5, 0.6) is 0 Å². The summed E-state index contributed by atoms with van der Waals surface area (Å²) < 4.78 is 0. The predicted octanol–water partition coefficient (Wildman–Crippen LogP) is 0.0491. The SMILES string of the molecule is c1ccc(CNC2=[NH+]CCC2)cc1. The van der Waals surface area contributed by atoms with Crippen LogP contribution in [0.3, 0.4) is 0 Å². The summed E-state index contributed by atoms with van der Waals surface area (Å²) in [7, 11) is 0. The molecule has 0 aromatic heterocycles. The molecule has 68 valence electrons. The molecule has 0 unspecified atom stereocenters. The van der Waals surface area contributed by atoms with E-state index in [-0.39, 0.29) is 0 Å². The molecule has 2 N–H and O–H groups in total. The topological polar surface area (TPSA) is 26.0 Å². The summed E-state index contributed by atoms with van der Waals surface area (Å²) >= 11 is 0. The van der Waals surface area contributed by atoms with Crippen LogP contribution in [0.15, 0.2) is 30.3 Å². The van der Waals surface area contributed by atoms with Gasteiger partial charge in [0.15, 0.2) is 0 Å². The quantitative estimate of drug-likeness (QED) is 0.652. The van der Waals surface area contributed by atoms with Crippen LogP contribution in [0.4, 0.5) is 0 Å². The highest BCUT2D eigenvalue weighted by Crippen LogP contribution is 1.97. The highest BCUT2D eigenvalue weighted by atomic mass is 15.0. The van der Waals surface area contributed by atoms with Crippen LogP contribution >= 0.6 is 0 Å². The van der Waals surface area contributed by atoms with Crippen molar-refractivity contribution in [1.82, 2.24) is 5.32 Å². The maximum absolute atomic E-state index is 3.40. The van der Waals surface area contributed by atoms with Crippen LogP contribution in [0.25, 0.3) is 0 Å². The fraction of sp³-hybridized carbons (Fsp3) is 0.364. The zero-order valence-electron chi connectivity index (χ0n) is 7.72. The van der Waals surface area contributed by atoms with Crippen LogP contribution in [-0.2, 0) is 6.54 Å². The lowest BCUT2D eigenvalue weighted by atomic mass is 10.2. The van der Waals surface area contributed by atoms with Crippen molar-refractivity contribution in [2.24, 2.45) is 0 Å². The van der Waals surface area contributed by atoms with Gasteiger partial charge in [0.2, 0.25) is 5.84 Å².